The van der Waals surface area contributed by atoms with Crippen LogP contribution >= 0.6 is 11.6 Å². The molecule has 1 heterocycles. The van der Waals surface area contributed by atoms with Crippen molar-refractivity contribution in [1.82, 2.24) is 4.98 Å². The zero-order valence-electron chi connectivity index (χ0n) is 5.80. The Labute approximate surface area is 69.0 Å². The standard InChI is InChI=1S/C7H5ClNO2/c1-11-6-2-7(8)9-3-5(6)4-10/h2-3H,1H3. The van der Waals surface area contributed by atoms with Crippen LogP contribution < -0.4 is 4.74 Å². The molecule has 1 aromatic heterocycles. The summed E-state index contributed by atoms with van der Waals surface area (Å²) >= 11 is 5.53. The van der Waals surface area contributed by atoms with Crippen molar-refractivity contribution in [2.45, 2.75) is 0 Å². The van der Waals surface area contributed by atoms with Crippen LogP contribution in [0.25, 0.3) is 0 Å². The van der Waals surface area contributed by atoms with E-state index in [9.17, 15) is 4.79 Å². The summed E-state index contributed by atoms with van der Waals surface area (Å²) in [7, 11) is 1.45. The van der Waals surface area contributed by atoms with Gasteiger partial charge in [-0.3, -0.25) is 4.79 Å². The van der Waals surface area contributed by atoms with Gasteiger partial charge in [-0.15, -0.1) is 0 Å². The summed E-state index contributed by atoms with van der Waals surface area (Å²) < 4.78 is 4.83. The molecule has 1 aromatic rings. The average molecular weight is 171 g/mol. The molecule has 0 amide bonds. The van der Waals surface area contributed by atoms with Crippen LogP contribution in [-0.4, -0.2) is 18.4 Å². The van der Waals surface area contributed by atoms with Crippen molar-refractivity contribution in [3.63, 3.8) is 0 Å². The number of rotatable bonds is 2. The summed E-state index contributed by atoms with van der Waals surface area (Å²) in [6.07, 6.45) is 2.99. The van der Waals surface area contributed by atoms with Crippen LogP contribution in [0.5, 0.6) is 5.75 Å². The molecule has 0 unspecified atom stereocenters. The van der Waals surface area contributed by atoms with Crippen molar-refractivity contribution in [1.29, 1.82) is 0 Å². The monoisotopic (exact) mass is 170 g/mol. The summed E-state index contributed by atoms with van der Waals surface area (Å²) in [6.45, 7) is 0. The van der Waals surface area contributed by atoms with E-state index in [0.717, 1.165) is 0 Å². The Hall–Kier alpha value is -1.09. The quantitative estimate of drug-likeness (QED) is 0.627. The highest BCUT2D eigenvalue weighted by atomic mass is 35.5. The van der Waals surface area contributed by atoms with Gasteiger partial charge in [-0.05, 0) is 0 Å². The van der Waals surface area contributed by atoms with E-state index in [-0.39, 0.29) is 5.56 Å². The molecule has 0 bridgehead atoms. The van der Waals surface area contributed by atoms with Gasteiger partial charge in [-0.25, -0.2) is 4.98 Å². The lowest BCUT2D eigenvalue weighted by molar-refractivity contribution is 0.412. The van der Waals surface area contributed by atoms with Gasteiger partial charge in [-0.2, -0.15) is 0 Å². The minimum atomic E-state index is 0.275. The number of ether oxygens (including phenoxy) is 1. The van der Waals surface area contributed by atoms with Gasteiger partial charge in [0.1, 0.15) is 10.9 Å². The summed E-state index contributed by atoms with van der Waals surface area (Å²) in [5.74, 6) is 0.389. The predicted molar refractivity (Wildman–Crippen MR) is 40.6 cm³/mol. The van der Waals surface area contributed by atoms with Gasteiger partial charge >= 0.3 is 0 Å². The van der Waals surface area contributed by atoms with Crippen molar-refractivity contribution in [3.8, 4) is 5.75 Å². The summed E-state index contributed by atoms with van der Waals surface area (Å²) in [5.41, 5.74) is 0.275. The average Bonchev–Trinajstić information content (AvgIpc) is 2.04. The van der Waals surface area contributed by atoms with Gasteiger partial charge < -0.3 is 4.74 Å². The van der Waals surface area contributed by atoms with Crippen molar-refractivity contribution in [3.05, 3.63) is 23.0 Å². The molecular weight excluding hydrogens is 166 g/mol. The molecule has 0 aliphatic heterocycles. The number of carbonyl (C=O) groups excluding carboxylic acids is 1. The largest absolute Gasteiger partial charge is 0.496 e. The molecule has 1 radical (unpaired) electrons. The van der Waals surface area contributed by atoms with E-state index in [1.807, 2.05) is 0 Å². The first-order valence-corrected chi connectivity index (χ1v) is 3.23. The minimum absolute atomic E-state index is 0.275. The fourth-order valence-electron chi connectivity index (χ4n) is 0.659. The molecule has 0 aromatic carbocycles. The van der Waals surface area contributed by atoms with Gasteiger partial charge in [0, 0.05) is 12.3 Å². The highest BCUT2D eigenvalue weighted by molar-refractivity contribution is 6.29. The lowest BCUT2D eigenvalue weighted by Gasteiger charge is -2.00. The Bertz CT molecular complexity index is 275. The molecule has 57 valence electrons. The minimum Gasteiger partial charge on any atom is -0.496 e. The van der Waals surface area contributed by atoms with Crippen LogP contribution in [0.4, 0.5) is 0 Å². The fraction of sp³-hybridized carbons (Fsp3) is 0.143. The molecule has 0 saturated carbocycles. The van der Waals surface area contributed by atoms with Gasteiger partial charge in [-0.1, -0.05) is 11.6 Å². The van der Waals surface area contributed by atoms with E-state index in [4.69, 9.17) is 16.3 Å². The number of nitrogens with zero attached hydrogens (tertiary/aromatic N) is 1. The summed E-state index contributed by atoms with van der Waals surface area (Å²) in [4.78, 5) is 13.9. The van der Waals surface area contributed by atoms with Crippen LogP contribution in [0.2, 0.25) is 5.15 Å². The Morgan fingerprint density at radius 3 is 3.00 bits per heavy atom. The van der Waals surface area contributed by atoms with Crippen molar-refractivity contribution in [2.24, 2.45) is 0 Å². The normalized spacial score (nSPS) is 9.27. The van der Waals surface area contributed by atoms with Crippen LogP contribution in [0.3, 0.4) is 0 Å². The lowest BCUT2D eigenvalue weighted by atomic mass is 10.3. The second-order valence-electron chi connectivity index (χ2n) is 1.81. The Morgan fingerprint density at radius 2 is 2.45 bits per heavy atom. The number of hydrogen-bond donors (Lipinski definition) is 0. The lowest BCUT2D eigenvalue weighted by Crippen LogP contribution is -1.91. The first kappa shape index (κ1) is 8.01. The zero-order valence-corrected chi connectivity index (χ0v) is 6.55. The maximum absolute atomic E-state index is 10.2. The smallest absolute Gasteiger partial charge is 0.239 e. The fourth-order valence-corrected chi connectivity index (χ4v) is 0.806. The second kappa shape index (κ2) is 3.34. The molecule has 0 aliphatic carbocycles. The number of halogens is 1. The maximum Gasteiger partial charge on any atom is 0.239 e. The molecular formula is C7H5ClNO2. The highest BCUT2D eigenvalue weighted by Gasteiger charge is 2.02. The SMILES string of the molecule is COc1cc(Cl)ncc1[C]=O. The first-order chi connectivity index (χ1) is 5.27. The molecule has 0 aliphatic rings. The third-order valence-corrected chi connectivity index (χ3v) is 1.37. The molecule has 0 spiro atoms. The molecule has 1 rings (SSSR count). The summed E-state index contributed by atoms with van der Waals surface area (Å²) in [5, 5.41) is 0.292. The molecule has 0 N–H and O–H groups in total. The number of aromatic nitrogens is 1. The molecule has 0 saturated heterocycles. The van der Waals surface area contributed by atoms with Gasteiger partial charge in [0.15, 0.2) is 0 Å². The molecule has 0 atom stereocenters. The van der Waals surface area contributed by atoms with Gasteiger partial charge in [0.2, 0.25) is 6.29 Å². The molecule has 0 fully saturated rings. The second-order valence-corrected chi connectivity index (χ2v) is 2.20. The first-order valence-electron chi connectivity index (χ1n) is 2.85. The van der Waals surface area contributed by atoms with Crippen molar-refractivity contribution < 1.29 is 9.53 Å². The van der Waals surface area contributed by atoms with E-state index in [1.165, 1.54) is 19.4 Å². The third kappa shape index (κ3) is 1.68. The Morgan fingerprint density at radius 1 is 1.73 bits per heavy atom. The van der Waals surface area contributed by atoms with Crippen LogP contribution in [0.1, 0.15) is 5.56 Å². The van der Waals surface area contributed by atoms with Crippen LogP contribution in [0, 0.1) is 0 Å². The Kier molecular flexibility index (Phi) is 2.44. The number of methoxy groups -OCH3 is 1. The maximum atomic E-state index is 10.2. The molecule has 3 nitrogen and oxygen atoms in total. The van der Waals surface area contributed by atoms with Gasteiger partial charge in [0.25, 0.3) is 0 Å². The highest BCUT2D eigenvalue weighted by Crippen LogP contribution is 2.18. The van der Waals surface area contributed by atoms with Crippen LogP contribution in [0.15, 0.2) is 12.3 Å². The number of pyridine rings is 1. The topological polar surface area (TPSA) is 39.2 Å². The number of hydrogen-bond acceptors (Lipinski definition) is 3. The van der Waals surface area contributed by atoms with E-state index in [0.29, 0.717) is 10.9 Å². The van der Waals surface area contributed by atoms with E-state index in [1.54, 1.807) is 6.29 Å². The van der Waals surface area contributed by atoms with E-state index < -0.39 is 0 Å². The molecule has 4 heteroatoms. The Balaban J connectivity index is 3.16. The van der Waals surface area contributed by atoms with E-state index >= 15 is 0 Å². The predicted octanol–water partition coefficient (Wildman–Crippen LogP) is 1.20. The summed E-state index contributed by atoms with van der Waals surface area (Å²) in [6, 6.07) is 1.46. The van der Waals surface area contributed by atoms with Crippen LogP contribution in [-0.2, 0) is 4.79 Å². The molecule has 11 heavy (non-hydrogen) atoms. The van der Waals surface area contributed by atoms with Crippen molar-refractivity contribution in [2.75, 3.05) is 7.11 Å². The van der Waals surface area contributed by atoms with Gasteiger partial charge in [0.05, 0.1) is 12.7 Å². The zero-order chi connectivity index (χ0) is 8.27. The third-order valence-electron chi connectivity index (χ3n) is 1.16. The van der Waals surface area contributed by atoms with E-state index in [2.05, 4.69) is 4.98 Å². The van der Waals surface area contributed by atoms with Crippen molar-refractivity contribution >= 4 is 17.9 Å².